The predicted molar refractivity (Wildman–Crippen MR) is 104 cm³/mol. The summed E-state index contributed by atoms with van der Waals surface area (Å²) >= 11 is 0. The first-order valence-corrected chi connectivity index (χ1v) is 9.84. The molecule has 0 spiro atoms. The zero-order valence-corrected chi connectivity index (χ0v) is 16.2. The molecule has 6 nitrogen and oxygen atoms in total. The van der Waals surface area contributed by atoms with E-state index in [0.717, 1.165) is 10.9 Å². The fourth-order valence-corrected chi connectivity index (χ4v) is 3.72. The molecule has 2 aromatic heterocycles. The summed E-state index contributed by atoms with van der Waals surface area (Å²) in [5, 5.41) is 0.854. The Kier molecular flexibility index (Phi) is 5.80. The molecule has 0 unspecified atom stereocenters. The zero-order chi connectivity index (χ0) is 21.1. The van der Waals surface area contributed by atoms with Gasteiger partial charge in [-0.05, 0) is 32.0 Å². The van der Waals surface area contributed by atoms with Crippen molar-refractivity contribution in [2.45, 2.75) is 31.9 Å². The van der Waals surface area contributed by atoms with Crippen molar-refractivity contribution in [2.75, 3.05) is 19.6 Å². The highest BCUT2D eigenvalue weighted by Gasteiger charge is 2.30. The minimum atomic E-state index is -4.15. The Morgan fingerprint density at radius 1 is 1.20 bits per heavy atom. The molecule has 158 valence electrons. The molecular formula is C21H21F3N4O2. The molecule has 4 rings (SSSR count). The summed E-state index contributed by atoms with van der Waals surface area (Å²) in [5.74, 6) is 0.954. The molecule has 0 amide bonds. The first-order valence-electron chi connectivity index (χ1n) is 9.84. The molecule has 0 bridgehead atoms. The maximum absolute atomic E-state index is 12.7. The van der Waals surface area contributed by atoms with Crippen LogP contribution < -0.4 is 0 Å². The van der Waals surface area contributed by atoms with Crippen molar-refractivity contribution in [3.8, 4) is 11.3 Å². The first-order chi connectivity index (χ1) is 14.4. The van der Waals surface area contributed by atoms with Crippen molar-refractivity contribution < 1.29 is 22.4 Å². The van der Waals surface area contributed by atoms with E-state index in [9.17, 15) is 18.0 Å². The van der Waals surface area contributed by atoms with Gasteiger partial charge in [-0.25, -0.2) is 15.0 Å². The second-order valence-corrected chi connectivity index (χ2v) is 7.55. The fraction of sp³-hybridized carbons (Fsp3) is 0.429. The third-order valence-corrected chi connectivity index (χ3v) is 5.44. The van der Waals surface area contributed by atoms with Crippen LogP contribution in [0.15, 0.2) is 41.4 Å². The van der Waals surface area contributed by atoms with E-state index in [0.29, 0.717) is 43.0 Å². The van der Waals surface area contributed by atoms with Crippen molar-refractivity contribution in [1.29, 1.82) is 0 Å². The number of hydrogen-bond acceptors (Lipinski definition) is 6. The lowest BCUT2D eigenvalue weighted by atomic mass is 9.90. The summed E-state index contributed by atoms with van der Waals surface area (Å²) in [6.45, 7) is 1.00. The SMILES string of the molecule is O=C(Cc1ncc2ccc(-c3cnco3)cc2n1)C1CCN(CCC(F)(F)F)CC1. The lowest BCUT2D eigenvalue weighted by Crippen LogP contribution is -2.38. The van der Waals surface area contributed by atoms with Gasteiger partial charge in [-0.15, -0.1) is 0 Å². The van der Waals surface area contributed by atoms with Gasteiger partial charge in [0.2, 0.25) is 0 Å². The Morgan fingerprint density at radius 2 is 2.00 bits per heavy atom. The second-order valence-electron chi connectivity index (χ2n) is 7.55. The molecule has 0 saturated carbocycles. The zero-order valence-electron chi connectivity index (χ0n) is 16.2. The van der Waals surface area contributed by atoms with Crippen molar-refractivity contribution in [3.63, 3.8) is 0 Å². The number of piperidine rings is 1. The lowest BCUT2D eigenvalue weighted by Gasteiger charge is -2.31. The molecule has 9 heteroatoms. The molecular weight excluding hydrogens is 397 g/mol. The van der Waals surface area contributed by atoms with Gasteiger partial charge in [0.25, 0.3) is 0 Å². The normalized spacial score (nSPS) is 16.2. The molecule has 0 atom stereocenters. The number of Topliss-reactive ketones (excluding diaryl/α,β-unsaturated/α-hetero) is 1. The molecule has 3 heterocycles. The van der Waals surface area contributed by atoms with E-state index in [1.807, 2.05) is 18.2 Å². The van der Waals surface area contributed by atoms with Crippen LogP contribution in [-0.4, -0.2) is 51.4 Å². The number of rotatable bonds is 6. The molecule has 1 aliphatic rings. The van der Waals surface area contributed by atoms with E-state index in [1.54, 1.807) is 17.3 Å². The standard InChI is InChI=1S/C21H21F3N4O2/c22-21(23,24)5-8-28-6-3-14(4-7-28)18(29)10-20-26-11-16-2-1-15(9-17(16)27-20)19-12-25-13-30-19/h1-2,9,11-14H,3-8,10H2. The first kappa shape index (κ1) is 20.5. The van der Waals surface area contributed by atoms with Crippen LogP contribution in [0.5, 0.6) is 0 Å². The smallest absolute Gasteiger partial charge is 0.390 e. The summed E-state index contributed by atoms with van der Waals surface area (Å²) in [7, 11) is 0. The van der Waals surface area contributed by atoms with Crippen molar-refractivity contribution in [2.24, 2.45) is 5.92 Å². The number of alkyl halides is 3. The number of oxazole rings is 1. The van der Waals surface area contributed by atoms with Crippen LogP contribution in [0.1, 0.15) is 25.1 Å². The molecule has 1 fully saturated rings. The molecule has 0 radical (unpaired) electrons. The Balaban J connectivity index is 1.37. The number of ketones is 1. The summed E-state index contributed by atoms with van der Waals surface area (Å²) < 4.78 is 42.4. The van der Waals surface area contributed by atoms with E-state index in [-0.39, 0.29) is 24.7 Å². The van der Waals surface area contributed by atoms with Gasteiger partial charge >= 0.3 is 6.18 Å². The van der Waals surface area contributed by atoms with Gasteiger partial charge in [-0.2, -0.15) is 13.2 Å². The molecule has 30 heavy (non-hydrogen) atoms. The third kappa shape index (κ3) is 5.02. The summed E-state index contributed by atoms with van der Waals surface area (Å²) in [6.07, 6.45) is 0.969. The van der Waals surface area contributed by atoms with Crippen LogP contribution in [0.25, 0.3) is 22.2 Å². The Morgan fingerprint density at radius 3 is 2.70 bits per heavy atom. The average molecular weight is 418 g/mol. The molecule has 3 aromatic rings. The van der Waals surface area contributed by atoms with Crippen molar-refractivity contribution >= 4 is 16.7 Å². The number of carbonyl (C=O) groups is 1. The topological polar surface area (TPSA) is 72.1 Å². The van der Waals surface area contributed by atoms with Crippen molar-refractivity contribution in [3.05, 3.63) is 42.8 Å². The number of likely N-dealkylation sites (tertiary alicyclic amines) is 1. The quantitative estimate of drug-likeness (QED) is 0.601. The van der Waals surface area contributed by atoms with E-state index in [4.69, 9.17) is 4.42 Å². The summed E-state index contributed by atoms with van der Waals surface area (Å²) in [5.41, 5.74) is 1.55. The minimum Gasteiger partial charge on any atom is -0.444 e. The van der Waals surface area contributed by atoms with Gasteiger partial charge < -0.3 is 9.32 Å². The number of fused-ring (bicyclic) bond motifs is 1. The number of carbonyl (C=O) groups excluding carboxylic acids is 1. The number of halogens is 3. The summed E-state index contributed by atoms with van der Waals surface area (Å²) in [4.78, 5) is 27.2. The van der Waals surface area contributed by atoms with Crippen molar-refractivity contribution in [1.82, 2.24) is 19.9 Å². The third-order valence-electron chi connectivity index (χ3n) is 5.44. The van der Waals surface area contributed by atoms with Crippen LogP contribution in [0.3, 0.4) is 0 Å². The maximum atomic E-state index is 12.7. The number of aromatic nitrogens is 3. The highest BCUT2D eigenvalue weighted by atomic mass is 19.4. The van der Waals surface area contributed by atoms with Gasteiger partial charge in [0.15, 0.2) is 12.2 Å². The van der Waals surface area contributed by atoms with Gasteiger partial charge in [-0.3, -0.25) is 4.79 Å². The van der Waals surface area contributed by atoms with Crippen LogP contribution in [0, 0.1) is 5.92 Å². The van der Waals surface area contributed by atoms with Crippen LogP contribution in [-0.2, 0) is 11.2 Å². The van der Waals surface area contributed by atoms with Crippen LogP contribution in [0.2, 0.25) is 0 Å². The fourth-order valence-electron chi connectivity index (χ4n) is 3.72. The molecule has 0 aliphatic carbocycles. The van der Waals surface area contributed by atoms with E-state index < -0.39 is 12.6 Å². The number of nitrogens with zero attached hydrogens (tertiary/aromatic N) is 4. The number of benzene rings is 1. The predicted octanol–water partition coefficient (Wildman–Crippen LogP) is 4.06. The van der Waals surface area contributed by atoms with Gasteiger partial charge in [0.05, 0.1) is 24.6 Å². The highest BCUT2D eigenvalue weighted by Crippen LogP contribution is 2.25. The largest absolute Gasteiger partial charge is 0.444 e. The minimum absolute atomic E-state index is 0.00822. The van der Waals surface area contributed by atoms with E-state index >= 15 is 0 Å². The second kappa shape index (κ2) is 8.51. The Hall–Kier alpha value is -2.81. The van der Waals surface area contributed by atoms with Crippen LogP contribution >= 0.6 is 0 Å². The molecule has 1 saturated heterocycles. The Bertz CT molecular complexity index is 1010. The van der Waals surface area contributed by atoms with Gasteiger partial charge in [-0.1, -0.05) is 12.1 Å². The van der Waals surface area contributed by atoms with E-state index in [1.165, 1.54) is 6.39 Å². The molecule has 1 aromatic carbocycles. The molecule has 1 aliphatic heterocycles. The van der Waals surface area contributed by atoms with Crippen LogP contribution in [0.4, 0.5) is 13.2 Å². The monoisotopic (exact) mass is 418 g/mol. The van der Waals surface area contributed by atoms with Gasteiger partial charge in [0, 0.05) is 29.6 Å². The Labute approximate surface area is 171 Å². The maximum Gasteiger partial charge on any atom is 0.390 e. The average Bonchev–Trinajstić information content (AvgIpc) is 3.26. The molecule has 0 N–H and O–H groups in total. The van der Waals surface area contributed by atoms with Gasteiger partial charge in [0.1, 0.15) is 11.6 Å². The van der Waals surface area contributed by atoms with E-state index in [2.05, 4.69) is 15.0 Å². The highest BCUT2D eigenvalue weighted by molar-refractivity contribution is 5.85. The lowest BCUT2D eigenvalue weighted by molar-refractivity contribution is -0.139. The summed E-state index contributed by atoms with van der Waals surface area (Å²) in [6, 6.07) is 5.64. The number of hydrogen-bond donors (Lipinski definition) is 0.